The van der Waals surface area contributed by atoms with Crippen molar-refractivity contribution < 1.29 is 19.1 Å². The molecule has 0 radical (unpaired) electrons. The van der Waals surface area contributed by atoms with Crippen LogP contribution >= 0.6 is 0 Å². The van der Waals surface area contributed by atoms with Gasteiger partial charge in [0.15, 0.2) is 0 Å². The Morgan fingerprint density at radius 2 is 1.68 bits per heavy atom. The number of carbonyl (C=O) groups excluding carboxylic acids is 2. The summed E-state index contributed by atoms with van der Waals surface area (Å²) in [5.41, 5.74) is 0.111. The Kier molecular flexibility index (Phi) is 4.85. The van der Waals surface area contributed by atoms with Crippen LogP contribution in [-0.4, -0.2) is 61.1 Å². The van der Waals surface area contributed by atoms with Crippen molar-refractivity contribution in [2.45, 2.75) is 31.8 Å². The van der Waals surface area contributed by atoms with Crippen LogP contribution in [0.4, 0.5) is 4.79 Å². The molecule has 0 aromatic heterocycles. The summed E-state index contributed by atoms with van der Waals surface area (Å²) in [6.07, 6.45) is 1.31. The lowest BCUT2D eigenvalue weighted by Crippen LogP contribution is -2.55. The number of amides is 3. The standard InChI is InChI=1S/C18H25N3O4/c1-4-21-17(23)20(16(22)18(21)5-7-19-8-6-18)12-13-9-14(24-2)11-15(10-13)25-3/h9-11,19H,4-8,12H2,1-3H3. The highest BCUT2D eigenvalue weighted by Crippen LogP contribution is 2.36. The molecule has 136 valence electrons. The Morgan fingerprint density at radius 3 is 2.20 bits per heavy atom. The largest absolute Gasteiger partial charge is 0.497 e. The van der Waals surface area contributed by atoms with Crippen molar-refractivity contribution in [3.05, 3.63) is 23.8 Å². The summed E-state index contributed by atoms with van der Waals surface area (Å²) >= 11 is 0. The average molecular weight is 347 g/mol. The number of carbonyl (C=O) groups is 2. The number of imide groups is 1. The van der Waals surface area contributed by atoms with Gasteiger partial charge in [0, 0.05) is 12.6 Å². The molecule has 2 saturated heterocycles. The monoisotopic (exact) mass is 347 g/mol. The molecular formula is C18H25N3O4. The Morgan fingerprint density at radius 1 is 1.08 bits per heavy atom. The number of hydrogen-bond donors (Lipinski definition) is 1. The van der Waals surface area contributed by atoms with Gasteiger partial charge in [0.1, 0.15) is 17.0 Å². The number of rotatable bonds is 5. The van der Waals surface area contributed by atoms with Gasteiger partial charge in [-0.05, 0) is 50.6 Å². The second-order valence-electron chi connectivity index (χ2n) is 6.42. The van der Waals surface area contributed by atoms with Crippen LogP contribution in [0.3, 0.4) is 0 Å². The fourth-order valence-electron chi connectivity index (χ4n) is 3.82. The van der Waals surface area contributed by atoms with Crippen molar-refractivity contribution >= 4 is 11.9 Å². The maximum absolute atomic E-state index is 13.1. The Bertz CT molecular complexity index is 648. The number of urea groups is 1. The topological polar surface area (TPSA) is 71.1 Å². The molecule has 3 amide bonds. The number of hydrogen-bond acceptors (Lipinski definition) is 5. The van der Waals surface area contributed by atoms with E-state index in [4.69, 9.17) is 9.47 Å². The van der Waals surface area contributed by atoms with Gasteiger partial charge in [0.2, 0.25) is 0 Å². The lowest BCUT2D eigenvalue weighted by molar-refractivity contribution is -0.134. The molecule has 1 aromatic carbocycles. The van der Waals surface area contributed by atoms with Gasteiger partial charge in [-0.3, -0.25) is 9.69 Å². The van der Waals surface area contributed by atoms with Gasteiger partial charge in [-0.2, -0.15) is 0 Å². The van der Waals surface area contributed by atoms with Crippen LogP contribution in [0.15, 0.2) is 18.2 Å². The van der Waals surface area contributed by atoms with Crippen LogP contribution in [0.5, 0.6) is 11.5 Å². The minimum absolute atomic E-state index is 0.0948. The maximum Gasteiger partial charge on any atom is 0.327 e. The van der Waals surface area contributed by atoms with E-state index in [0.717, 1.165) is 18.7 Å². The first kappa shape index (κ1) is 17.5. The molecule has 1 aromatic rings. The van der Waals surface area contributed by atoms with Gasteiger partial charge in [-0.25, -0.2) is 4.79 Å². The number of ether oxygens (including phenoxy) is 2. The summed E-state index contributed by atoms with van der Waals surface area (Å²) in [4.78, 5) is 29.1. The predicted octanol–water partition coefficient (Wildman–Crippen LogP) is 1.61. The summed E-state index contributed by atoms with van der Waals surface area (Å²) in [5.74, 6) is 1.18. The van der Waals surface area contributed by atoms with Gasteiger partial charge in [0.05, 0.1) is 20.8 Å². The van der Waals surface area contributed by atoms with Crippen LogP contribution in [0.25, 0.3) is 0 Å². The van der Waals surface area contributed by atoms with E-state index >= 15 is 0 Å². The van der Waals surface area contributed by atoms with Crippen LogP contribution < -0.4 is 14.8 Å². The van der Waals surface area contributed by atoms with E-state index in [1.807, 2.05) is 19.1 Å². The zero-order chi connectivity index (χ0) is 18.0. The van der Waals surface area contributed by atoms with Crippen LogP contribution in [-0.2, 0) is 11.3 Å². The molecule has 0 saturated carbocycles. The van der Waals surface area contributed by atoms with E-state index in [0.29, 0.717) is 30.9 Å². The van der Waals surface area contributed by atoms with E-state index in [1.165, 1.54) is 4.90 Å². The van der Waals surface area contributed by atoms with Gasteiger partial charge in [0.25, 0.3) is 5.91 Å². The van der Waals surface area contributed by atoms with E-state index in [-0.39, 0.29) is 18.5 Å². The quantitative estimate of drug-likeness (QED) is 0.820. The van der Waals surface area contributed by atoms with Crippen molar-refractivity contribution in [3.8, 4) is 11.5 Å². The van der Waals surface area contributed by atoms with Crippen LogP contribution in [0.2, 0.25) is 0 Å². The first-order chi connectivity index (χ1) is 12.1. The number of nitrogens with zero attached hydrogens (tertiary/aromatic N) is 2. The third kappa shape index (κ3) is 2.93. The van der Waals surface area contributed by atoms with Crippen molar-refractivity contribution in [2.75, 3.05) is 33.9 Å². The molecule has 1 N–H and O–H groups in total. The first-order valence-corrected chi connectivity index (χ1v) is 8.62. The van der Waals surface area contributed by atoms with Crippen LogP contribution in [0.1, 0.15) is 25.3 Å². The maximum atomic E-state index is 13.1. The summed E-state index contributed by atoms with van der Waals surface area (Å²) in [6.45, 7) is 4.17. The molecule has 2 heterocycles. The lowest BCUT2D eigenvalue weighted by atomic mass is 9.86. The summed E-state index contributed by atoms with van der Waals surface area (Å²) in [7, 11) is 3.15. The lowest BCUT2D eigenvalue weighted by Gasteiger charge is -2.37. The molecule has 2 aliphatic heterocycles. The van der Waals surface area contributed by atoms with Gasteiger partial charge in [-0.1, -0.05) is 0 Å². The SMILES string of the molecule is CCN1C(=O)N(Cc2cc(OC)cc(OC)c2)C(=O)C12CCNCC2. The molecule has 0 bridgehead atoms. The van der Waals surface area contributed by atoms with E-state index in [2.05, 4.69) is 5.32 Å². The average Bonchev–Trinajstić information content (AvgIpc) is 2.83. The zero-order valence-corrected chi connectivity index (χ0v) is 15.0. The molecule has 25 heavy (non-hydrogen) atoms. The zero-order valence-electron chi connectivity index (χ0n) is 15.0. The second-order valence-corrected chi connectivity index (χ2v) is 6.42. The normalized spacial score (nSPS) is 19.6. The fourth-order valence-corrected chi connectivity index (χ4v) is 3.82. The number of benzene rings is 1. The van der Waals surface area contributed by atoms with E-state index in [1.54, 1.807) is 25.2 Å². The fraction of sp³-hybridized carbons (Fsp3) is 0.556. The molecule has 0 unspecified atom stereocenters. The number of likely N-dealkylation sites (N-methyl/N-ethyl adjacent to an activating group) is 1. The Balaban J connectivity index is 1.90. The van der Waals surface area contributed by atoms with Crippen molar-refractivity contribution in [1.82, 2.24) is 15.1 Å². The summed E-state index contributed by atoms with van der Waals surface area (Å²) in [6, 6.07) is 5.21. The minimum Gasteiger partial charge on any atom is -0.497 e. The van der Waals surface area contributed by atoms with E-state index in [9.17, 15) is 9.59 Å². The number of piperidine rings is 1. The highest BCUT2D eigenvalue weighted by atomic mass is 16.5. The molecule has 3 rings (SSSR count). The van der Waals surface area contributed by atoms with Gasteiger partial charge >= 0.3 is 6.03 Å². The Labute approximate surface area is 147 Å². The molecule has 2 fully saturated rings. The number of nitrogens with one attached hydrogen (secondary N) is 1. The molecule has 1 spiro atoms. The van der Waals surface area contributed by atoms with Gasteiger partial charge < -0.3 is 19.7 Å². The molecule has 7 heteroatoms. The smallest absolute Gasteiger partial charge is 0.327 e. The van der Waals surface area contributed by atoms with Crippen molar-refractivity contribution in [3.63, 3.8) is 0 Å². The highest BCUT2D eigenvalue weighted by molar-refractivity contribution is 6.07. The van der Waals surface area contributed by atoms with Crippen molar-refractivity contribution in [2.24, 2.45) is 0 Å². The summed E-state index contributed by atoms with van der Waals surface area (Å²) < 4.78 is 10.6. The third-order valence-electron chi connectivity index (χ3n) is 5.12. The number of methoxy groups -OCH3 is 2. The van der Waals surface area contributed by atoms with E-state index < -0.39 is 5.54 Å². The van der Waals surface area contributed by atoms with Gasteiger partial charge in [-0.15, -0.1) is 0 Å². The third-order valence-corrected chi connectivity index (χ3v) is 5.12. The molecule has 0 atom stereocenters. The summed E-state index contributed by atoms with van der Waals surface area (Å²) in [5, 5.41) is 3.27. The molecular weight excluding hydrogens is 322 g/mol. The van der Waals surface area contributed by atoms with Crippen LogP contribution in [0, 0.1) is 0 Å². The minimum atomic E-state index is -0.694. The van der Waals surface area contributed by atoms with Crippen molar-refractivity contribution in [1.29, 1.82) is 0 Å². The molecule has 0 aliphatic carbocycles. The Hall–Kier alpha value is -2.28. The predicted molar refractivity (Wildman–Crippen MR) is 92.7 cm³/mol. The second kappa shape index (κ2) is 6.92. The first-order valence-electron chi connectivity index (χ1n) is 8.62. The molecule has 2 aliphatic rings. The molecule has 7 nitrogen and oxygen atoms in total. The highest BCUT2D eigenvalue weighted by Gasteiger charge is 2.56.